The van der Waals surface area contributed by atoms with Crippen LogP contribution in [-0.2, 0) is 4.79 Å². The van der Waals surface area contributed by atoms with Gasteiger partial charge in [0.05, 0.1) is 24.0 Å². The molecule has 0 radical (unpaired) electrons. The van der Waals surface area contributed by atoms with Gasteiger partial charge in [0.15, 0.2) is 10.8 Å². The van der Waals surface area contributed by atoms with Crippen LogP contribution in [0.15, 0.2) is 29.9 Å². The van der Waals surface area contributed by atoms with Gasteiger partial charge >= 0.3 is 0 Å². The quantitative estimate of drug-likeness (QED) is 0.598. The van der Waals surface area contributed by atoms with Gasteiger partial charge in [0.2, 0.25) is 5.91 Å². The van der Waals surface area contributed by atoms with Crippen molar-refractivity contribution in [3.63, 3.8) is 0 Å². The average Bonchev–Trinajstić information content (AvgIpc) is 3.10. The lowest BCUT2D eigenvalue weighted by molar-refractivity contribution is -0.117. The summed E-state index contributed by atoms with van der Waals surface area (Å²) in [4.78, 5) is 33.3. The number of carbonyl (C=O) groups excluding carboxylic acids is 2. The van der Waals surface area contributed by atoms with Gasteiger partial charge in [-0.15, -0.1) is 11.3 Å². The molecule has 2 fully saturated rings. The van der Waals surface area contributed by atoms with Crippen molar-refractivity contribution in [1.29, 1.82) is 0 Å². The molecule has 29 heavy (non-hydrogen) atoms. The van der Waals surface area contributed by atoms with Crippen molar-refractivity contribution in [1.82, 2.24) is 19.7 Å². The molecule has 2 saturated carbocycles. The predicted octanol–water partition coefficient (Wildman–Crippen LogP) is 2.45. The van der Waals surface area contributed by atoms with Crippen LogP contribution in [0.4, 0.5) is 5.82 Å². The van der Waals surface area contributed by atoms with Crippen LogP contribution in [0.1, 0.15) is 41.9 Å². The first-order chi connectivity index (χ1) is 14.1. The van der Waals surface area contributed by atoms with Gasteiger partial charge in [-0.1, -0.05) is 0 Å². The number of nitrogens with zero attached hydrogens (tertiary/aromatic N) is 3. The SMILES string of the molecule is O=C(N[C@H]1CCC[C@@H]1O)c1nc(-c2ccc3nc(NC(=O)C4CC4)cn3c2)cs1. The van der Waals surface area contributed by atoms with E-state index in [9.17, 15) is 14.7 Å². The Hall–Kier alpha value is -2.78. The van der Waals surface area contributed by atoms with Gasteiger partial charge in [0, 0.05) is 23.1 Å². The third kappa shape index (κ3) is 3.75. The fourth-order valence-corrected chi connectivity index (χ4v) is 4.36. The van der Waals surface area contributed by atoms with E-state index >= 15 is 0 Å². The highest BCUT2D eigenvalue weighted by Gasteiger charge is 2.30. The number of amides is 2. The summed E-state index contributed by atoms with van der Waals surface area (Å²) >= 11 is 1.28. The Morgan fingerprint density at radius 3 is 2.76 bits per heavy atom. The largest absolute Gasteiger partial charge is 0.391 e. The van der Waals surface area contributed by atoms with Crippen molar-refractivity contribution in [2.45, 2.75) is 44.2 Å². The Morgan fingerprint density at radius 2 is 2.00 bits per heavy atom. The number of thiazole rings is 1. The molecule has 3 N–H and O–H groups in total. The summed E-state index contributed by atoms with van der Waals surface area (Å²) in [5.41, 5.74) is 2.28. The van der Waals surface area contributed by atoms with Crippen LogP contribution in [-0.4, -0.2) is 43.4 Å². The zero-order chi connectivity index (χ0) is 20.0. The van der Waals surface area contributed by atoms with Gasteiger partial charge < -0.3 is 20.1 Å². The maximum atomic E-state index is 12.4. The second kappa shape index (κ2) is 7.23. The molecule has 0 spiro atoms. The van der Waals surface area contributed by atoms with Gasteiger partial charge in [-0.25, -0.2) is 9.97 Å². The van der Waals surface area contributed by atoms with Crippen LogP contribution >= 0.6 is 11.3 Å². The van der Waals surface area contributed by atoms with Crippen LogP contribution in [0.25, 0.3) is 16.9 Å². The van der Waals surface area contributed by atoms with Gasteiger partial charge in [0.1, 0.15) is 5.65 Å². The number of rotatable bonds is 5. The molecule has 0 bridgehead atoms. The predicted molar refractivity (Wildman–Crippen MR) is 109 cm³/mol. The lowest BCUT2D eigenvalue weighted by atomic mass is 10.2. The van der Waals surface area contributed by atoms with E-state index < -0.39 is 6.10 Å². The van der Waals surface area contributed by atoms with Gasteiger partial charge in [-0.3, -0.25) is 9.59 Å². The Labute approximate surface area is 171 Å². The van der Waals surface area contributed by atoms with E-state index in [0.29, 0.717) is 16.5 Å². The molecule has 3 heterocycles. The molecule has 2 aliphatic carbocycles. The number of hydrogen-bond donors (Lipinski definition) is 3. The fraction of sp³-hybridized carbons (Fsp3) is 0.400. The topological polar surface area (TPSA) is 109 Å². The normalized spacial score (nSPS) is 21.4. The molecule has 0 saturated heterocycles. The summed E-state index contributed by atoms with van der Waals surface area (Å²) in [5.74, 6) is 0.435. The minimum Gasteiger partial charge on any atom is -0.391 e. The first kappa shape index (κ1) is 18.3. The minimum absolute atomic E-state index is 0.0242. The van der Waals surface area contributed by atoms with E-state index in [2.05, 4.69) is 20.6 Å². The van der Waals surface area contributed by atoms with E-state index in [-0.39, 0.29) is 23.8 Å². The van der Waals surface area contributed by atoms with Gasteiger partial charge in [-0.2, -0.15) is 0 Å². The standard InChI is InChI=1S/C20H21N5O3S/c26-15-3-1-2-13(15)21-19(28)20-22-14(10-29-20)12-6-7-17-23-16(9-25(17)8-12)24-18(27)11-4-5-11/h6-11,13,15,26H,1-5H2,(H,21,28)(H,24,27)/t13-,15-/m0/s1. The van der Waals surface area contributed by atoms with Crippen molar-refractivity contribution in [2.24, 2.45) is 5.92 Å². The number of aliphatic hydroxyl groups is 1. The number of hydrogen-bond acceptors (Lipinski definition) is 6. The van der Waals surface area contributed by atoms with Crippen molar-refractivity contribution in [2.75, 3.05) is 5.32 Å². The Bertz CT molecular complexity index is 1090. The van der Waals surface area contributed by atoms with Crippen LogP contribution < -0.4 is 10.6 Å². The highest BCUT2D eigenvalue weighted by Crippen LogP contribution is 2.30. The molecule has 0 aliphatic heterocycles. The third-order valence-corrected chi connectivity index (χ3v) is 6.28. The molecule has 2 aliphatic rings. The second-order valence-corrected chi connectivity index (χ2v) is 8.55. The second-order valence-electron chi connectivity index (χ2n) is 7.69. The number of nitrogens with one attached hydrogen (secondary N) is 2. The molecule has 150 valence electrons. The van der Waals surface area contributed by atoms with E-state index in [1.54, 1.807) is 6.20 Å². The maximum Gasteiger partial charge on any atom is 0.280 e. The number of anilines is 1. The monoisotopic (exact) mass is 411 g/mol. The maximum absolute atomic E-state index is 12.4. The first-order valence-electron chi connectivity index (χ1n) is 9.81. The molecular formula is C20H21N5O3S. The van der Waals surface area contributed by atoms with Gasteiger partial charge in [0.25, 0.3) is 5.91 Å². The molecule has 3 aromatic heterocycles. The zero-order valence-electron chi connectivity index (χ0n) is 15.7. The highest BCUT2D eigenvalue weighted by atomic mass is 32.1. The summed E-state index contributed by atoms with van der Waals surface area (Å²) in [6.07, 6.45) is 7.52. The summed E-state index contributed by atoms with van der Waals surface area (Å²) in [7, 11) is 0. The zero-order valence-corrected chi connectivity index (χ0v) is 16.5. The Morgan fingerprint density at radius 1 is 1.14 bits per heavy atom. The van der Waals surface area contributed by atoms with Crippen LogP contribution in [0, 0.1) is 5.92 Å². The minimum atomic E-state index is -0.475. The smallest absolute Gasteiger partial charge is 0.280 e. The average molecular weight is 411 g/mol. The number of aromatic nitrogens is 3. The molecule has 0 aromatic carbocycles. The molecule has 9 heteroatoms. The van der Waals surface area contributed by atoms with E-state index in [4.69, 9.17) is 0 Å². The van der Waals surface area contributed by atoms with Crippen molar-refractivity contribution < 1.29 is 14.7 Å². The summed E-state index contributed by atoms with van der Waals surface area (Å²) in [6, 6.07) is 3.56. The van der Waals surface area contributed by atoms with E-state index in [1.165, 1.54) is 11.3 Å². The van der Waals surface area contributed by atoms with Gasteiger partial charge in [-0.05, 0) is 44.2 Å². The van der Waals surface area contributed by atoms with E-state index in [1.807, 2.05) is 28.1 Å². The third-order valence-electron chi connectivity index (χ3n) is 5.44. The summed E-state index contributed by atoms with van der Waals surface area (Å²) < 4.78 is 1.84. The summed E-state index contributed by atoms with van der Waals surface area (Å²) in [6.45, 7) is 0. The summed E-state index contributed by atoms with van der Waals surface area (Å²) in [5, 5.41) is 17.8. The Balaban J connectivity index is 1.32. The highest BCUT2D eigenvalue weighted by molar-refractivity contribution is 7.12. The van der Waals surface area contributed by atoms with Crippen LogP contribution in [0.2, 0.25) is 0 Å². The van der Waals surface area contributed by atoms with Crippen LogP contribution in [0.3, 0.4) is 0 Å². The first-order valence-corrected chi connectivity index (χ1v) is 10.7. The fourth-order valence-electron chi connectivity index (χ4n) is 3.63. The molecule has 0 unspecified atom stereocenters. The number of imidazole rings is 1. The van der Waals surface area contributed by atoms with Crippen molar-refractivity contribution >= 4 is 34.6 Å². The molecule has 5 rings (SSSR count). The van der Waals surface area contributed by atoms with Crippen LogP contribution in [0.5, 0.6) is 0 Å². The number of fused-ring (bicyclic) bond motifs is 1. The molecule has 8 nitrogen and oxygen atoms in total. The molecule has 3 aromatic rings. The lowest BCUT2D eigenvalue weighted by Gasteiger charge is -2.15. The number of carbonyl (C=O) groups is 2. The van der Waals surface area contributed by atoms with Crippen molar-refractivity contribution in [3.8, 4) is 11.3 Å². The number of pyridine rings is 1. The molecular weight excluding hydrogens is 390 g/mol. The molecule has 2 amide bonds. The Kier molecular flexibility index (Phi) is 4.56. The lowest BCUT2D eigenvalue weighted by Crippen LogP contribution is -2.39. The van der Waals surface area contributed by atoms with Crippen molar-refractivity contribution in [3.05, 3.63) is 34.9 Å². The molecule has 2 atom stereocenters. The number of aliphatic hydroxyl groups excluding tert-OH is 1. The van der Waals surface area contributed by atoms with E-state index in [0.717, 1.165) is 43.3 Å².